The molecule has 0 aromatic heterocycles. The minimum Gasteiger partial charge on any atom is -0.411 e. The predicted octanol–water partition coefficient (Wildman–Crippen LogP) is 1.08. The van der Waals surface area contributed by atoms with E-state index in [2.05, 4.69) is 10.3 Å². The number of hydrogen-bond acceptors (Lipinski definition) is 5. The molecule has 1 fully saturated rings. The van der Waals surface area contributed by atoms with Crippen molar-refractivity contribution in [1.29, 1.82) is 0 Å². The highest BCUT2D eigenvalue weighted by molar-refractivity contribution is 6.67. The van der Waals surface area contributed by atoms with E-state index in [0.29, 0.717) is 19.5 Å². The Kier molecular flexibility index (Phi) is 3.57. The third-order valence-electron chi connectivity index (χ3n) is 2.82. The van der Waals surface area contributed by atoms with Crippen LogP contribution in [0.5, 0.6) is 0 Å². The van der Waals surface area contributed by atoms with Gasteiger partial charge in [0.2, 0.25) is 0 Å². The monoisotopic (exact) mass is 247 g/mol. The summed E-state index contributed by atoms with van der Waals surface area (Å²) in [6, 6.07) is 9.52. The number of likely N-dealkylation sites (tertiary alicyclic amines) is 1. The fourth-order valence-electron chi connectivity index (χ4n) is 1.89. The van der Waals surface area contributed by atoms with Gasteiger partial charge in [-0.1, -0.05) is 40.6 Å². The maximum absolute atomic E-state index is 12.0. The van der Waals surface area contributed by atoms with Gasteiger partial charge < -0.3 is 15.3 Å². The smallest absolute Gasteiger partial charge is 0.278 e. The summed E-state index contributed by atoms with van der Waals surface area (Å²) < 4.78 is 0. The fourth-order valence-corrected chi connectivity index (χ4v) is 1.89. The molecule has 1 saturated heterocycles. The molecule has 0 bridgehead atoms. The standard InChI is InChI=1S/C12H13N3O3/c16-12-11(14-18)10(13-17)6-7-15(12)8-9-4-2-1-3-5-9/h1-5,17-18H,6-8H2/b13-10+,14-11+. The molecule has 0 atom stereocenters. The first kappa shape index (κ1) is 12.1. The van der Waals surface area contributed by atoms with Gasteiger partial charge in [0.25, 0.3) is 5.91 Å². The molecule has 0 radical (unpaired) electrons. The second-order valence-corrected chi connectivity index (χ2v) is 3.96. The van der Waals surface area contributed by atoms with Gasteiger partial charge in [-0.2, -0.15) is 0 Å². The van der Waals surface area contributed by atoms with Crippen LogP contribution in [0.15, 0.2) is 40.6 Å². The fraction of sp³-hybridized carbons (Fsp3) is 0.250. The molecule has 2 N–H and O–H groups in total. The van der Waals surface area contributed by atoms with Gasteiger partial charge in [-0.05, 0) is 5.56 Å². The Balaban J connectivity index is 2.15. The van der Waals surface area contributed by atoms with E-state index in [4.69, 9.17) is 10.4 Å². The van der Waals surface area contributed by atoms with Crippen molar-refractivity contribution in [2.45, 2.75) is 13.0 Å². The zero-order valence-corrected chi connectivity index (χ0v) is 9.65. The van der Waals surface area contributed by atoms with E-state index in [1.54, 1.807) is 4.90 Å². The van der Waals surface area contributed by atoms with Crippen LogP contribution < -0.4 is 0 Å². The van der Waals surface area contributed by atoms with Gasteiger partial charge in [-0.15, -0.1) is 0 Å². The Hall–Kier alpha value is -2.37. The second kappa shape index (κ2) is 5.31. The molecule has 1 aliphatic rings. The highest BCUT2D eigenvalue weighted by Crippen LogP contribution is 2.12. The number of carbonyl (C=O) groups is 1. The molecular weight excluding hydrogens is 234 g/mol. The van der Waals surface area contributed by atoms with E-state index in [-0.39, 0.29) is 11.4 Å². The van der Waals surface area contributed by atoms with Crippen LogP contribution in [0.2, 0.25) is 0 Å². The summed E-state index contributed by atoms with van der Waals surface area (Å²) in [4.78, 5) is 13.5. The number of nitrogens with zero attached hydrogens (tertiary/aromatic N) is 3. The zero-order chi connectivity index (χ0) is 13.0. The Labute approximate surface area is 104 Å². The van der Waals surface area contributed by atoms with Crippen LogP contribution in [0.4, 0.5) is 0 Å². The molecule has 1 amide bonds. The molecule has 6 nitrogen and oxygen atoms in total. The van der Waals surface area contributed by atoms with Crippen molar-refractivity contribution in [3.8, 4) is 0 Å². The van der Waals surface area contributed by atoms with E-state index >= 15 is 0 Å². The molecule has 1 aliphatic heterocycles. The molecule has 2 rings (SSSR count). The lowest BCUT2D eigenvalue weighted by molar-refractivity contribution is -0.124. The number of amides is 1. The Bertz CT molecular complexity index is 497. The molecule has 6 heteroatoms. The van der Waals surface area contributed by atoms with Crippen LogP contribution in [0, 0.1) is 0 Å². The molecular formula is C12H13N3O3. The molecule has 1 heterocycles. The summed E-state index contributed by atoms with van der Waals surface area (Å²) in [5.41, 5.74) is 0.916. The molecule has 0 aliphatic carbocycles. The summed E-state index contributed by atoms with van der Waals surface area (Å²) in [5.74, 6) is -0.430. The normalized spacial score (nSPS) is 20.7. The van der Waals surface area contributed by atoms with E-state index in [1.165, 1.54) is 0 Å². The summed E-state index contributed by atoms with van der Waals surface area (Å²) in [6.45, 7) is 0.879. The van der Waals surface area contributed by atoms with Crippen LogP contribution in [-0.4, -0.2) is 39.2 Å². The number of piperidine rings is 1. The number of carbonyl (C=O) groups excluding carboxylic acids is 1. The lowest BCUT2D eigenvalue weighted by Gasteiger charge is -2.27. The van der Waals surface area contributed by atoms with Gasteiger partial charge in [-0.3, -0.25) is 4.79 Å². The van der Waals surface area contributed by atoms with E-state index in [0.717, 1.165) is 5.56 Å². The molecule has 0 saturated carbocycles. The van der Waals surface area contributed by atoms with Gasteiger partial charge in [0.1, 0.15) is 5.71 Å². The molecule has 94 valence electrons. The van der Waals surface area contributed by atoms with E-state index in [9.17, 15) is 4.79 Å². The van der Waals surface area contributed by atoms with Gasteiger partial charge in [0, 0.05) is 19.5 Å². The molecule has 18 heavy (non-hydrogen) atoms. The lowest BCUT2D eigenvalue weighted by Crippen LogP contribution is -2.46. The zero-order valence-electron chi connectivity index (χ0n) is 9.65. The highest BCUT2D eigenvalue weighted by atomic mass is 16.4. The van der Waals surface area contributed by atoms with Crippen LogP contribution >= 0.6 is 0 Å². The molecule has 1 aromatic rings. The Morgan fingerprint density at radius 1 is 1.17 bits per heavy atom. The topological polar surface area (TPSA) is 85.5 Å². The van der Waals surface area contributed by atoms with Crippen molar-refractivity contribution < 1.29 is 15.2 Å². The first-order valence-corrected chi connectivity index (χ1v) is 5.53. The lowest BCUT2D eigenvalue weighted by atomic mass is 10.0. The van der Waals surface area contributed by atoms with Gasteiger partial charge in [-0.25, -0.2) is 0 Å². The van der Waals surface area contributed by atoms with Crippen LogP contribution in [0.25, 0.3) is 0 Å². The highest BCUT2D eigenvalue weighted by Gasteiger charge is 2.30. The Morgan fingerprint density at radius 2 is 1.89 bits per heavy atom. The number of oxime groups is 2. The van der Waals surface area contributed by atoms with Crippen molar-refractivity contribution in [2.75, 3.05) is 6.54 Å². The maximum atomic E-state index is 12.0. The first-order chi connectivity index (χ1) is 8.76. The molecule has 1 aromatic carbocycles. The molecule has 0 spiro atoms. The van der Waals surface area contributed by atoms with Crippen LogP contribution in [0.1, 0.15) is 12.0 Å². The van der Waals surface area contributed by atoms with Crippen molar-refractivity contribution >= 4 is 17.3 Å². The SMILES string of the molecule is O=C1C(=N/O)/C(=N/O)CCN1Cc1ccccc1. The van der Waals surface area contributed by atoms with Crippen molar-refractivity contribution in [2.24, 2.45) is 10.3 Å². The number of benzene rings is 1. The minimum absolute atomic E-state index is 0.117. The van der Waals surface area contributed by atoms with Gasteiger partial charge in [0.05, 0.1) is 0 Å². The average molecular weight is 247 g/mol. The predicted molar refractivity (Wildman–Crippen MR) is 64.9 cm³/mol. The number of hydrogen-bond donors (Lipinski definition) is 2. The molecule has 0 unspecified atom stereocenters. The largest absolute Gasteiger partial charge is 0.411 e. The summed E-state index contributed by atoms with van der Waals surface area (Å²) in [6.07, 6.45) is 0.370. The number of rotatable bonds is 2. The Morgan fingerprint density at radius 3 is 2.50 bits per heavy atom. The van der Waals surface area contributed by atoms with Gasteiger partial charge in [0.15, 0.2) is 5.71 Å². The summed E-state index contributed by atoms with van der Waals surface area (Å²) in [5, 5.41) is 23.4. The van der Waals surface area contributed by atoms with Crippen LogP contribution in [-0.2, 0) is 11.3 Å². The minimum atomic E-state index is -0.430. The first-order valence-electron chi connectivity index (χ1n) is 5.53. The van der Waals surface area contributed by atoms with E-state index in [1.807, 2.05) is 30.3 Å². The van der Waals surface area contributed by atoms with Crippen molar-refractivity contribution in [1.82, 2.24) is 4.90 Å². The van der Waals surface area contributed by atoms with E-state index < -0.39 is 5.91 Å². The second-order valence-electron chi connectivity index (χ2n) is 3.96. The van der Waals surface area contributed by atoms with Crippen molar-refractivity contribution in [3.63, 3.8) is 0 Å². The summed E-state index contributed by atoms with van der Waals surface area (Å²) >= 11 is 0. The quantitative estimate of drug-likeness (QED) is 0.605. The maximum Gasteiger partial charge on any atom is 0.278 e. The third-order valence-corrected chi connectivity index (χ3v) is 2.82. The van der Waals surface area contributed by atoms with Gasteiger partial charge >= 0.3 is 0 Å². The van der Waals surface area contributed by atoms with Crippen molar-refractivity contribution in [3.05, 3.63) is 35.9 Å². The third kappa shape index (κ3) is 2.32. The average Bonchev–Trinajstić information content (AvgIpc) is 2.42. The summed E-state index contributed by atoms with van der Waals surface area (Å²) in [7, 11) is 0. The van der Waals surface area contributed by atoms with Crippen LogP contribution in [0.3, 0.4) is 0 Å².